The molecule has 0 saturated carbocycles. The highest BCUT2D eigenvalue weighted by atomic mass is 16.5. The Morgan fingerprint density at radius 2 is 1.90 bits per heavy atom. The Kier molecular flexibility index (Phi) is 5.58. The SMILES string of the molecule is CCOC(=O)c1c(C)oc2ncn(CC(=O)Nc3ccc(C(C)=O)cc3)c(=O)c12. The molecule has 150 valence electrons. The fourth-order valence-electron chi connectivity index (χ4n) is 2.84. The number of hydrogen-bond donors (Lipinski definition) is 1. The number of nitrogens with zero attached hydrogens (tertiary/aromatic N) is 2. The van der Waals surface area contributed by atoms with Gasteiger partial charge in [0, 0.05) is 11.3 Å². The molecule has 0 unspecified atom stereocenters. The van der Waals surface area contributed by atoms with Crippen LogP contribution in [0.25, 0.3) is 11.1 Å². The lowest BCUT2D eigenvalue weighted by Gasteiger charge is -2.08. The maximum Gasteiger partial charge on any atom is 0.342 e. The first-order valence-electron chi connectivity index (χ1n) is 8.88. The number of aryl methyl sites for hydroxylation is 1. The Hall–Kier alpha value is -3.75. The van der Waals surface area contributed by atoms with Crippen LogP contribution in [0.2, 0.25) is 0 Å². The lowest BCUT2D eigenvalue weighted by molar-refractivity contribution is -0.116. The fourth-order valence-corrected chi connectivity index (χ4v) is 2.84. The molecule has 2 aromatic heterocycles. The molecule has 0 aliphatic heterocycles. The van der Waals surface area contributed by atoms with Crippen LogP contribution in [0.4, 0.5) is 5.69 Å². The number of hydrogen-bond acceptors (Lipinski definition) is 7. The zero-order valence-electron chi connectivity index (χ0n) is 16.1. The predicted octanol–water partition coefficient (Wildman–Crippen LogP) is 2.32. The van der Waals surface area contributed by atoms with Crippen molar-refractivity contribution in [2.75, 3.05) is 11.9 Å². The second-order valence-electron chi connectivity index (χ2n) is 6.29. The summed E-state index contributed by atoms with van der Waals surface area (Å²) in [5.41, 5.74) is 0.432. The molecule has 1 aromatic carbocycles. The van der Waals surface area contributed by atoms with Gasteiger partial charge in [-0.1, -0.05) is 0 Å². The van der Waals surface area contributed by atoms with E-state index in [0.717, 1.165) is 4.57 Å². The molecule has 9 heteroatoms. The molecule has 0 atom stereocenters. The number of rotatable bonds is 6. The van der Waals surface area contributed by atoms with Gasteiger partial charge in [-0.3, -0.25) is 19.0 Å². The van der Waals surface area contributed by atoms with Gasteiger partial charge in [0.25, 0.3) is 5.56 Å². The summed E-state index contributed by atoms with van der Waals surface area (Å²) in [6.45, 7) is 4.46. The van der Waals surface area contributed by atoms with Gasteiger partial charge in [-0.2, -0.15) is 0 Å². The van der Waals surface area contributed by atoms with Crippen molar-refractivity contribution in [2.45, 2.75) is 27.3 Å². The molecular formula is C20H19N3O6. The molecule has 3 aromatic rings. The smallest absolute Gasteiger partial charge is 0.342 e. The molecule has 0 radical (unpaired) electrons. The third-order valence-electron chi connectivity index (χ3n) is 4.22. The first-order chi connectivity index (χ1) is 13.8. The fraction of sp³-hybridized carbons (Fsp3) is 0.250. The van der Waals surface area contributed by atoms with Crippen LogP contribution in [-0.4, -0.2) is 33.8 Å². The first kappa shape index (κ1) is 20.0. The normalized spacial score (nSPS) is 10.7. The number of aromatic nitrogens is 2. The molecule has 0 saturated heterocycles. The highest BCUT2D eigenvalue weighted by molar-refractivity contribution is 6.03. The summed E-state index contributed by atoms with van der Waals surface area (Å²) in [6, 6.07) is 6.38. The Balaban J connectivity index is 1.86. The number of furan rings is 1. The van der Waals surface area contributed by atoms with E-state index in [2.05, 4.69) is 10.3 Å². The predicted molar refractivity (Wildman–Crippen MR) is 104 cm³/mol. The van der Waals surface area contributed by atoms with Crippen LogP contribution in [0.3, 0.4) is 0 Å². The van der Waals surface area contributed by atoms with Crippen molar-refractivity contribution in [2.24, 2.45) is 0 Å². The Bertz CT molecular complexity index is 1160. The minimum atomic E-state index is -0.685. The van der Waals surface area contributed by atoms with E-state index >= 15 is 0 Å². The van der Waals surface area contributed by atoms with E-state index in [1.165, 1.54) is 20.2 Å². The van der Waals surface area contributed by atoms with Crippen molar-refractivity contribution in [3.05, 3.63) is 57.8 Å². The van der Waals surface area contributed by atoms with Crippen molar-refractivity contribution >= 4 is 34.4 Å². The van der Waals surface area contributed by atoms with Crippen LogP contribution < -0.4 is 10.9 Å². The van der Waals surface area contributed by atoms with Crippen LogP contribution in [0.15, 0.2) is 39.8 Å². The minimum Gasteiger partial charge on any atom is -0.462 e. The molecule has 0 bridgehead atoms. The van der Waals surface area contributed by atoms with E-state index in [1.54, 1.807) is 31.2 Å². The Morgan fingerprint density at radius 1 is 1.21 bits per heavy atom. The number of nitrogens with one attached hydrogen (secondary N) is 1. The highest BCUT2D eigenvalue weighted by Crippen LogP contribution is 2.21. The van der Waals surface area contributed by atoms with E-state index in [4.69, 9.17) is 9.15 Å². The average molecular weight is 397 g/mol. The van der Waals surface area contributed by atoms with E-state index < -0.39 is 17.4 Å². The van der Waals surface area contributed by atoms with Gasteiger partial charge < -0.3 is 14.5 Å². The third kappa shape index (κ3) is 4.08. The number of Topliss-reactive ketones (excluding diaryl/α,β-unsaturated/α-hetero) is 1. The standard InChI is InChI=1S/C20H19N3O6/c1-4-28-20(27)16-12(3)29-18-17(16)19(26)23(10-21-18)9-15(25)22-14-7-5-13(6-8-14)11(2)24/h5-8,10H,4,9H2,1-3H3,(H,22,25). The van der Waals surface area contributed by atoms with Gasteiger partial charge in [-0.05, 0) is 45.0 Å². The topological polar surface area (TPSA) is 120 Å². The van der Waals surface area contributed by atoms with Gasteiger partial charge >= 0.3 is 5.97 Å². The van der Waals surface area contributed by atoms with E-state index in [9.17, 15) is 19.2 Å². The van der Waals surface area contributed by atoms with Gasteiger partial charge in [0.05, 0.1) is 6.61 Å². The molecule has 0 aliphatic rings. The van der Waals surface area contributed by atoms with E-state index in [-0.39, 0.29) is 41.4 Å². The lowest BCUT2D eigenvalue weighted by atomic mass is 10.1. The summed E-state index contributed by atoms with van der Waals surface area (Å²) < 4.78 is 11.4. The monoisotopic (exact) mass is 397 g/mol. The van der Waals surface area contributed by atoms with Gasteiger partial charge in [0.15, 0.2) is 5.78 Å². The number of fused-ring (bicyclic) bond motifs is 1. The summed E-state index contributed by atoms with van der Waals surface area (Å²) in [6.07, 6.45) is 1.18. The summed E-state index contributed by atoms with van der Waals surface area (Å²) in [4.78, 5) is 52.7. The number of carbonyl (C=O) groups is 3. The summed E-state index contributed by atoms with van der Waals surface area (Å²) in [7, 11) is 0. The third-order valence-corrected chi connectivity index (χ3v) is 4.22. The number of ketones is 1. The zero-order valence-corrected chi connectivity index (χ0v) is 16.1. The van der Waals surface area contributed by atoms with Crippen molar-refractivity contribution in [1.82, 2.24) is 9.55 Å². The Morgan fingerprint density at radius 3 is 2.52 bits per heavy atom. The second-order valence-corrected chi connectivity index (χ2v) is 6.29. The van der Waals surface area contributed by atoms with Crippen molar-refractivity contribution in [3.8, 4) is 0 Å². The maximum atomic E-state index is 12.8. The molecule has 29 heavy (non-hydrogen) atoms. The molecular weight excluding hydrogens is 378 g/mol. The van der Waals surface area contributed by atoms with E-state index in [1.807, 2.05) is 0 Å². The quantitative estimate of drug-likeness (QED) is 0.500. The number of anilines is 1. The number of carbonyl (C=O) groups excluding carboxylic acids is 3. The van der Waals surface area contributed by atoms with Gasteiger partial charge in [-0.15, -0.1) is 0 Å². The van der Waals surface area contributed by atoms with Crippen LogP contribution >= 0.6 is 0 Å². The zero-order chi connectivity index (χ0) is 21.1. The summed E-state index contributed by atoms with van der Waals surface area (Å²) >= 11 is 0. The first-order valence-corrected chi connectivity index (χ1v) is 8.88. The van der Waals surface area contributed by atoms with Crippen molar-refractivity contribution in [3.63, 3.8) is 0 Å². The van der Waals surface area contributed by atoms with E-state index in [0.29, 0.717) is 11.3 Å². The molecule has 3 rings (SSSR count). The molecule has 1 amide bonds. The number of amides is 1. The molecule has 9 nitrogen and oxygen atoms in total. The highest BCUT2D eigenvalue weighted by Gasteiger charge is 2.24. The summed E-state index contributed by atoms with van der Waals surface area (Å²) in [5, 5.41) is 2.62. The number of ether oxygens (including phenoxy) is 1. The minimum absolute atomic E-state index is 0.00651. The van der Waals surface area contributed by atoms with Gasteiger partial charge in [-0.25, -0.2) is 9.78 Å². The lowest BCUT2D eigenvalue weighted by Crippen LogP contribution is -2.28. The van der Waals surface area contributed by atoms with Crippen LogP contribution in [0.5, 0.6) is 0 Å². The molecule has 2 heterocycles. The van der Waals surface area contributed by atoms with Crippen LogP contribution in [-0.2, 0) is 16.1 Å². The van der Waals surface area contributed by atoms with Crippen LogP contribution in [0, 0.1) is 6.92 Å². The second kappa shape index (κ2) is 8.09. The Labute approximate surface area is 165 Å². The molecule has 0 fully saturated rings. The number of esters is 1. The molecule has 0 aliphatic carbocycles. The number of benzene rings is 1. The van der Waals surface area contributed by atoms with Crippen LogP contribution in [0.1, 0.15) is 40.3 Å². The molecule has 0 spiro atoms. The molecule has 1 N–H and O–H groups in total. The van der Waals surface area contributed by atoms with Gasteiger partial charge in [0.2, 0.25) is 11.6 Å². The average Bonchev–Trinajstić information content (AvgIpc) is 3.01. The van der Waals surface area contributed by atoms with Crippen molar-refractivity contribution in [1.29, 1.82) is 0 Å². The van der Waals surface area contributed by atoms with Gasteiger partial charge in [0.1, 0.15) is 29.6 Å². The largest absolute Gasteiger partial charge is 0.462 e. The van der Waals surface area contributed by atoms with Crippen molar-refractivity contribution < 1.29 is 23.5 Å². The maximum absolute atomic E-state index is 12.8. The summed E-state index contributed by atoms with van der Waals surface area (Å²) in [5.74, 6) is -1.02.